The van der Waals surface area contributed by atoms with Crippen molar-refractivity contribution in [3.05, 3.63) is 412 Å². The van der Waals surface area contributed by atoms with Gasteiger partial charge in [-0.25, -0.2) is 0 Å². The van der Waals surface area contributed by atoms with Gasteiger partial charge < -0.3 is 22.7 Å². The Kier molecular flexibility index (Phi) is 15.8. The van der Waals surface area contributed by atoms with Crippen molar-refractivity contribution in [2.24, 2.45) is 0 Å². The maximum Gasteiger partial charge on any atom is 0.143 e. The quantitative estimate of drug-likeness (QED) is 0.137. The summed E-state index contributed by atoms with van der Waals surface area (Å²) in [6.45, 7) is 0. The van der Waals surface area contributed by atoms with Crippen LogP contribution in [0.5, 0.6) is 0 Å². The second-order valence-corrected chi connectivity index (χ2v) is 31.5. The summed E-state index contributed by atoms with van der Waals surface area (Å²) in [6, 6.07) is 147. The number of hydrogen-bond donors (Lipinski definition) is 0. The number of thiophene rings is 1. The Morgan fingerprint density at radius 2 is 0.542 bits per heavy atom. The van der Waals surface area contributed by atoms with Crippen molar-refractivity contribution in [3.63, 3.8) is 0 Å². The highest BCUT2D eigenvalue weighted by Gasteiger charge is 2.23. The Balaban J connectivity index is 0.000000138. The molecule has 0 aliphatic carbocycles. The van der Waals surface area contributed by atoms with Crippen LogP contribution in [-0.4, -0.2) is 18.3 Å². The second kappa shape index (κ2) is 27.5. The van der Waals surface area contributed by atoms with E-state index in [0.29, 0.717) is 11.1 Å². The molecule has 18 aromatic carbocycles. The van der Waals surface area contributed by atoms with Crippen LogP contribution in [0.3, 0.4) is 0 Å². The lowest BCUT2D eigenvalue weighted by molar-refractivity contribution is 0.670. The van der Waals surface area contributed by atoms with Gasteiger partial charge in [0.05, 0.1) is 67.4 Å². The minimum Gasteiger partial charge on any atom is -0.455 e. The van der Waals surface area contributed by atoms with Gasteiger partial charge in [-0.2, -0.15) is 10.5 Å². The van der Waals surface area contributed by atoms with E-state index >= 15 is 0 Å². The van der Waals surface area contributed by atoms with Crippen LogP contribution in [-0.2, 0) is 0 Å². The summed E-state index contributed by atoms with van der Waals surface area (Å²) in [6.07, 6.45) is 0. The average Bonchev–Trinajstić information content (AvgIpc) is 1.59. The van der Waals surface area contributed by atoms with E-state index in [1.807, 2.05) is 47.7 Å². The maximum absolute atomic E-state index is 10.3. The average molecular weight is 1520 g/mol. The van der Waals surface area contributed by atoms with Gasteiger partial charge in [-0.15, -0.1) is 11.3 Å². The van der Waals surface area contributed by atoms with Gasteiger partial charge in [-0.05, 0) is 231 Å². The number of nitriles is 2. The Labute approximate surface area is 682 Å². The van der Waals surface area contributed by atoms with Crippen LogP contribution in [0.25, 0.3) is 219 Å². The molecule has 7 nitrogen and oxygen atoms in total. The van der Waals surface area contributed by atoms with Gasteiger partial charge in [-0.1, -0.05) is 231 Å². The molecule has 0 radical (unpaired) electrons. The molecule has 8 heteroatoms. The van der Waals surface area contributed by atoms with Crippen LogP contribution in [0.2, 0.25) is 0 Å². The first kappa shape index (κ1) is 67.8. The summed E-state index contributed by atoms with van der Waals surface area (Å²) < 4.78 is 18.5. The van der Waals surface area contributed by atoms with Crippen molar-refractivity contribution >= 4 is 141 Å². The fourth-order valence-corrected chi connectivity index (χ4v) is 19.7. The van der Waals surface area contributed by atoms with E-state index in [1.54, 1.807) is 0 Å². The molecular formula is C110H66N6OS. The number of furan rings is 1. The summed E-state index contributed by atoms with van der Waals surface area (Å²) in [5.74, 6) is 0. The lowest BCUT2D eigenvalue weighted by Gasteiger charge is -2.11. The van der Waals surface area contributed by atoms with E-state index in [-0.39, 0.29) is 0 Å². The predicted octanol–water partition coefficient (Wildman–Crippen LogP) is 29.8. The van der Waals surface area contributed by atoms with E-state index in [9.17, 15) is 10.5 Å². The fraction of sp³-hybridized carbons (Fsp3) is 0. The normalized spacial score (nSPS) is 11.7. The molecule has 0 aliphatic heterocycles. The zero-order valence-corrected chi connectivity index (χ0v) is 64.4. The Bertz CT molecular complexity index is 7840. The Morgan fingerprint density at radius 1 is 0.212 bits per heavy atom. The molecule has 0 fully saturated rings. The van der Waals surface area contributed by atoms with Crippen LogP contribution in [0.15, 0.2) is 405 Å². The Hall–Kier alpha value is -15.8. The van der Waals surface area contributed by atoms with Gasteiger partial charge in [0.2, 0.25) is 0 Å². The fourth-order valence-electron chi connectivity index (χ4n) is 18.5. The number of nitrogens with zero attached hydrogens (tertiary/aromatic N) is 6. The number of hydrogen-bond acceptors (Lipinski definition) is 4. The van der Waals surface area contributed by atoms with Gasteiger partial charge in [0, 0.05) is 102 Å². The minimum atomic E-state index is 0.625. The number of benzene rings is 18. The molecule has 6 heterocycles. The highest BCUT2D eigenvalue weighted by molar-refractivity contribution is 7.26. The van der Waals surface area contributed by atoms with Crippen molar-refractivity contribution in [2.45, 2.75) is 0 Å². The lowest BCUT2D eigenvalue weighted by atomic mass is 9.94. The van der Waals surface area contributed by atoms with Crippen LogP contribution in [0.4, 0.5) is 0 Å². The van der Waals surface area contributed by atoms with Crippen molar-refractivity contribution in [2.75, 3.05) is 0 Å². The van der Waals surface area contributed by atoms with Crippen LogP contribution >= 0.6 is 11.3 Å². The SMILES string of the molecule is N#Cc1cc(-c2ccc3c(c2)c2ccccc2n3-c2ccccc2)cc(-c2ccc3c(c2)c2ccc(-c4cccc5c4oc4ccccc45)cc2n3-c2ccccc2)c1.N#Cc1cc(-c2ccc3c(c2)c2ccccc2n3-c2ccccc2)cc(-c2ccc3c(c2)c2ccc(-c4cccc5c4sc4ccccc45)cc2n3-c2ccccc2)c1. The first-order valence-corrected chi connectivity index (χ1v) is 40.6. The first-order chi connectivity index (χ1) is 58.4. The van der Waals surface area contributed by atoms with Gasteiger partial charge >= 0.3 is 0 Å². The largest absolute Gasteiger partial charge is 0.455 e. The monoisotopic (exact) mass is 1520 g/mol. The molecule has 548 valence electrons. The van der Waals surface area contributed by atoms with Gasteiger partial charge in [0.25, 0.3) is 0 Å². The molecule has 0 spiro atoms. The van der Waals surface area contributed by atoms with E-state index in [4.69, 9.17) is 4.42 Å². The van der Waals surface area contributed by atoms with Gasteiger partial charge in [0.15, 0.2) is 0 Å². The van der Waals surface area contributed by atoms with E-state index in [2.05, 4.69) is 394 Å². The van der Waals surface area contributed by atoms with Crippen molar-refractivity contribution in [3.8, 4) is 102 Å². The number of rotatable bonds is 10. The summed E-state index contributed by atoms with van der Waals surface area (Å²) >= 11 is 1.87. The molecule has 0 atom stereocenters. The highest BCUT2D eigenvalue weighted by Crippen LogP contribution is 2.47. The summed E-state index contributed by atoms with van der Waals surface area (Å²) in [7, 11) is 0. The molecule has 0 saturated carbocycles. The summed E-state index contributed by atoms with van der Waals surface area (Å²) in [5, 5.41) is 34.9. The van der Waals surface area contributed by atoms with Crippen molar-refractivity contribution in [1.29, 1.82) is 10.5 Å². The second-order valence-electron chi connectivity index (χ2n) is 30.5. The number of fused-ring (bicyclic) bond motifs is 18. The van der Waals surface area contributed by atoms with Crippen LogP contribution < -0.4 is 0 Å². The molecule has 0 bridgehead atoms. The zero-order valence-electron chi connectivity index (χ0n) is 63.6. The van der Waals surface area contributed by atoms with Crippen LogP contribution in [0, 0.1) is 22.7 Å². The van der Waals surface area contributed by atoms with Crippen molar-refractivity contribution in [1.82, 2.24) is 18.3 Å². The van der Waals surface area contributed by atoms with E-state index in [0.717, 1.165) is 144 Å². The third kappa shape index (κ3) is 11.1. The molecule has 0 aliphatic rings. The van der Waals surface area contributed by atoms with E-state index < -0.39 is 0 Å². The molecule has 0 saturated heterocycles. The smallest absolute Gasteiger partial charge is 0.143 e. The first-order valence-electron chi connectivity index (χ1n) is 39.8. The lowest BCUT2D eigenvalue weighted by Crippen LogP contribution is -1.93. The topological polar surface area (TPSA) is 80.4 Å². The highest BCUT2D eigenvalue weighted by atomic mass is 32.1. The summed E-state index contributed by atoms with van der Waals surface area (Å²) in [4.78, 5) is 0. The third-order valence-corrected chi connectivity index (χ3v) is 25.0. The molecule has 0 unspecified atom stereocenters. The molecule has 0 amide bonds. The van der Waals surface area contributed by atoms with Gasteiger partial charge in [0.1, 0.15) is 11.2 Å². The minimum absolute atomic E-state index is 0.625. The Morgan fingerprint density at radius 3 is 0.983 bits per heavy atom. The molecule has 24 rings (SSSR count). The standard InChI is InChI=1S/C55H33N3O.C55H33N3S/c2*56-34-35-28-39(36-23-26-51-48(31-36)44-16-7-9-20-50(44)57(51)41-12-3-1-4-13-41)30-40(29-35)37-24-27-52-49(32-37)45-25-22-38(33-53(45)58(52)42-14-5-2-6-15-42)43-18-11-19-47-46-17-8-10-21-54(46)59-55(43)47/h2*1-33H. The summed E-state index contributed by atoms with van der Waals surface area (Å²) in [5.41, 5.74) is 29.6. The third-order valence-electron chi connectivity index (χ3n) is 23.8. The predicted molar refractivity (Wildman–Crippen MR) is 492 cm³/mol. The molecule has 6 aromatic heterocycles. The molecule has 0 N–H and O–H groups in total. The molecular weight excluding hydrogens is 1450 g/mol. The van der Waals surface area contributed by atoms with E-state index in [1.165, 1.54) is 74.6 Å². The zero-order chi connectivity index (χ0) is 78.1. The number of para-hydroxylation sites is 8. The van der Waals surface area contributed by atoms with Crippen LogP contribution in [0.1, 0.15) is 11.1 Å². The molecule has 24 aromatic rings. The maximum atomic E-state index is 10.3. The van der Waals surface area contributed by atoms with Crippen molar-refractivity contribution < 1.29 is 4.42 Å². The number of aromatic nitrogens is 4. The van der Waals surface area contributed by atoms with Gasteiger partial charge in [-0.3, -0.25) is 0 Å². The molecule has 118 heavy (non-hydrogen) atoms.